The molecule has 0 radical (unpaired) electrons. The molecular weight excluding hydrogens is 286 g/mol. The van der Waals surface area contributed by atoms with E-state index in [9.17, 15) is 14.7 Å². The number of para-hydroxylation sites is 1. The van der Waals surface area contributed by atoms with Gasteiger partial charge in [-0.2, -0.15) is 0 Å². The van der Waals surface area contributed by atoms with E-state index in [1.165, 1.54) is 12.1 Å². The second kappa shape index (κ2) is 7.12. The third-order valence-electron chi connectivity index (χ3n) is 2.83. The fourth-order valence-corrected chi connectivity index (χ4v) is 1.73. The maximum atomic E-state index is 11.7. The molecule has 0 saturated carbocycles. The lowest BCUT2D eigenvalue weighted by molar-refractivity contribution is -0.119. The molecule has 6 heteroatoms. The van der Waals surface area contributed by atoms with Gasteiger partial charge in [-0.15, -0.1) is 0 Å². The topological polar surface area (TPSA) is 84.9 Å². The molecule has 0 unspecified atom stereocenters. The predicted octanol–water partition coefficient (Wildman–Crippen LogP) is 2.20. The van der Waals surface area contributed by atoms with E-state index in [0.29, 0.717) is 11.4 Å². The van der Waals surface area contributed by atoms with E-state index in [0.717, 1.165) is 0 Å². The summed E-state index contributed by atoms with van der Waals surface area (Å²) in [6.07, 6.45) is 0. The molecule has 2 aromatic carbocycles. The van der Waals surface area contributed by atoms with Crippen LogP contribution in [0, 0.1) is 0 Å². The van der Waals surface area contributed by atoms with Crippen molar-refractivity contribution in [1.82, 2.24) is 0 Å². The number of phenols is 1. The Hall–Kier alpha value is -3.02. The Kier molecular flexibility index (Phi) is 4.98. The van der Waals surface area contributed by atoms with Crippen LogP contribution in [0.5, 0.6) is 11.5 Å². The van der Waals surface area contributed by atoms with E-state index in [-0.39, 0.29) is 11.3 Å². The molecule has 114 valence electrons. The first-order valence-corrected chi connectivity index (χ1v) is 6.49. The normalized spacial score (nSPS) is 9.86. The summed E-state index contributed by atoms with van der Waals surface area (Å²) >= 11 is 0. The molecule has 0 bridgehead atoms. The molecule has 6 nitrogen and oxygen atoms in total. The van der Waals surface area contributed by atoms with Gasteiger partial charge in [-0.05, 0) is 36.4 Å². The van der Waals surface area contributed by atoms with Gasteiger partial charge in [0.2, 0.25) is 0 Å². The zero-order valence-electron chi connectivity index (χ0n) is 11.9. The molecular formula is C16H15NO5. The fourth-order valence-electron chi connectivity index (χ4n) is 1.73. The molecule has 0 aliphatic heterocycles. The molecule has 2 aromatic rings. The zero-order chi connectivity index (χ0) is 15.9. The number of benzene rings is 2. The first-order chi connectivity index (χ1) is 10.6. The Labute approximate surface area is 127 Å². The van der Waals surface area contributed by atoms with Gasteiger partial charge < -0.3 is 19.9 Å². The first-order valence-electron chi connectivity index (χ1n) is 6.49. The Morgan fingerprint density at radius 1 is 1.09 bits per heavy atom. The lowest BCUT2D eigenvalue weighted by Gasteiger charge is -2.08. The van der Waals surface area contributed by atoms with Crippen molar-refractivity contribution in [2.75, 3.05) is 19.0 Å². The molecule has 0 heterocycles. The monoisotopic (exact) mass is 301 g/mol. The Balaban J connectivity index is 1.87. The summed E-state index contributed by atoms with van der Waals surface area (Å²) in [5.41, 5.74) is 0.573. The second-order valence-electron chi connectivity index (χ2n) is 4.37. The minimum atomic E-state index is -0.761. The van der Waals surface area contributed by atoms with Crippen LogP contribution >= 0.6 is 0 Å². The third kappa shape index (κ3) is 3.99. The van der Waals surface area contributed by atoms with Crippen molar-refractivity contribution in [2.45, 2.75) is 0 Å². The van der Waals surface area contributed by atoms with E-state index in [1.807, 2.05) is 0 Å². The maximum absolute atomic E-state index is 11.7. The number of phenolic OH excluding ortho intramolecular Hbond substituents is 1. The number of aromatic hydroxyl groups is 1. The highest BCUT2D eigenvalue weighted by atomic mass is 16.5. The molecule has 0 aliphatic carbocycles. The highest BCUT2D eigenvalue weighted by Crippen LogP contribution is 2.17. The van der Waals surface area contributed by atoms with Crippen molar-refractivity contribution >= 4 is 17.6 Å². The standard InChI is InChI=1S/C16H15NO5/c1-21-12-8-6-11(7-9-12)17-15(19)10-22-16(20)13-4-2-3-5-14(13)18/h2-9,18H,10H2,1H3,(H,17,19). The Morgan fingerprint density at radius 3 is 2.41 bits per heavy atom. The first kappa shape index (κ1) is 15.4. The van der Waals surface area contributed by atoms with Crippen LogP contribution in [-0.4, -0.2) is 30.7 Å². The highest BCUT2D eigenvalue weighted by molar-refractivity contribution is 5.96. The van der Waals surface area contributed by atoms with Gasteiger partial charge in [0.25, 0.3) is 5.91 Å². The van der Waals surface area contributed by atoms with Crippen LogP contribution < -0.4 is 10.1 Å². The Bertz CT molecular complexity index is 666. The summed E-state index contributed by atoms with van der Waals surface area (Å²) in [7, 11) is 1.55. The van der Waals surface area contributed by atoms with Crippen LogP contribution in [0.3, 0.4) is 0 Å². The minimum absolute atomic E-state index is 0.0137. The van der Waals surface area contributed by atoms with Crippen molar-refractivity contribution in [3.05, 3.63) is 54.1 Å². The molecule has 1 amide bonds. The maximum Gasteiger partial charge on any atom is 0.342 e. The van der Waals surface area contributed by atoms with Crippen LogP contribution in [0.25, 0.3) is 0 Å². The number of rotatable bonds is 5. The van der Waals surface area contributed by atoms with E-state index in [2.05, 4.69) is 5.32 Å². The van der Waals surface area contributed by atoms with Crippen molar-refractivity contribution in [3.8, 4) is 11.5 Å². The predicted molar refractivity (Wildman–Crippen MR) is 80.0 cm³/mol. The molecule has 0 aromatic heterocycles. The SMILES string of the molecule is COc1ccc(NC(=O)COC(=O)c2ccccc2O)cc1. The van der Waals surface area contributed by atoms with Gasteiger partial charge in [-0.1, -0.05) is 12.1 Å². The Morgan fingerprint density at radius 2 is 1.77 bits per heavy atom. The summed E-state index contributed by atoms with van der Waals surface area (Å²) in [6, 6.07) is 12.7. The van der Waals surface area contributed by atoms with Gasteiger partial charge in [-0.3, -0.25) is 4.79 Å². The van der Waals surface area contributed by atoms with Gasteiger partial charge in [0.1, 0.15) is 17.1 Å². The number of ether oxygens (including phenoxy) is 2. The largest absolute Gasteiger partial charge is 0.507 e. The summed E-state index contributed by atoms with van der Waals surface area (Å²) in [4.78, 5) is 23.4. The molecule has 0 aliphatic rings. The average Bonchev–Trinajstić information content (AvgIpc) is 2.54. The lowest BCUT2D eigenvalue weighted by Crippen LogP contribution is -2.20. The molecule has 22 heavy (non-hydrogen) atoms. The molecule has 2 N–H and O–H groups in total. The van der Waals surface area contributed by atoms with Gasteiger partial charge in [0.15, 0.2) is 6.61 Å². The van der Waals surface area contributed by atoms with E-state index >= 15 is 0 Å². The van der Waals surface area contributed by atoms with Crippen LogP contribution in [-0.2, 0) is 9.53 Å². The number of hydrogen-bond donors (Lipinski definition) is 2. The van der Waals surface area contributed by atoms with Gasteiger partial charge in [0, 0.05) is 5.69 Å². The van der Waals surface area contributed by atoms with Crippen LogP contribution in [0.2, 0.25) is 0 Å². The average molecular weight is 301 g/mol. The molecule has 0 atom stereocenters. The molecule has 0 fully saturated rings. The minimum Gasteiger partial charge on any atom is -0.507 e. The number of amides is 1. The summed E-state index contributed by atoms with van der Waals surface area (Å²) in [6.45, 7) is -0.445. The quantitative estimate of drug-likeness (QED) is 0.827. The van der Waals surface area contributed by atoms with Crippen LogP contribution in [0.1, 0.15) is 10.4 Å². The van der Waals surface area contributed by atoms with Crippen molar-refractivity contribution in [1.29, 1.82) is 0 Å². The smallest absolute Gasteiger partial charge is 0.342 e. The van der Waals surface area contributed by atoms with Crippen molar-refractivity contribution < 1.29 is 24.2 Å². The number of hydrogen-bond acceptors (Lipinski definition) is 5. The number of anilines is 1. The molecule has 0 saturated heterocycles. The number of carbonyl (C=O) groups excluding carboxylic acids is 2. The van der Waals surface area contributed by atoms with E-state index < -0.39 is 18.5 Å². The number of methoxy groups -OCH3 is 1. The summed E-state index contributed by atoms with van der Waals surface area (Å²) in [5, 5.41) is 12.1. The van der Waals surface area contributed by atoms with Crippen LogP contribution in [0.4, 0.5) is 5.69 Å². The number of carbonyl (C=O) groups is 2. The van der Waals surface area contributed by atoms with Crippen molar-refractivity contribution in [2.24, 2.45) is 0 Å². The van der Waals surface area contributed by atoms with Crippen LogP contribution in [0.15, 0.2) is 48.5 Å². The summed E-state index contributed by atoms with van der Waals surface area (Å²) in [5.74, 6) is -0.760. The van der Waals surface area contributed by atoms with E-state index in [1.54, 1.807) is 43.5 Å². The van der Waals surface area contributed by atoms with E-state index in [4.69, 9.17) is 9.47 Å². The fraction of sp³-hybridized carbons (Fsp3) is 0.125. The number of nitrogens with one attached hydrogen (secondary N) is 1. The summed E-state index contributed by atoms with van der Waals surface area (Å²) < 4.78 is 9.86. The molecule has 0 spiro atoms. The van der Waals surface area contributed by atoms with Gasteiger partial charge in [0.05, 0.1) is 7.11 Å². The zero-order valence-corrected chi connectivity index (χ0v) is 11.9. The highest BCUT2D eigenvalue weighted by Gasteiger charge is 2.13. The number of esters is 1. The van der Waals surface area contributed by atoms with Gasteiger partial charge >= 0.3 is 5.97 Å². The third-order valence-corrected chi connectivity index (χ3v) is 2.83. The molecule has 2 rings (SSSR count). The van der Waals surface area contributed by atoms with Gasteiger partial charge in [-0.25, -0.2) is 4.79 Å². The van der Waals surface area contributed by atoms with Crippen molar-refractivity contribution in [3.63, 3.8) is 0 Å². The lowest BCUT2D eigenvalue weighted by atomic mass is 10.2. The second-order valence-corrected chi connectivity index (χ2v) is 4.37.